The molecular formula is C21H16N2. The Balaban J connectivity index is 1.91. The summed E-state index contributed by atoms with van der Waals surface area (Å²) in [6.07, 6.45) is 2.10. The summed E-state index contributed by atoms with van der Waals surface area (Å²) in [5.41, 5.74) is 5.50. The Labute approximate surface area is 135 Å². The van der Waals surface area contributed by atoms with Crippen LogP contribution in [0.5, 0.6) is 0 Å². The lowest BCUT2D eigenvalue weighted by Crippen LogP contribution is -1.93. The lowest BCUT2D eigenvalue weighted by Gasteiger charge is -2.02. The maximum atomic E-state index is 4.84. The molecule has 2 heteroatoms. The van der Waals surface area contributed by atoms with Crippen molar-refractivity contribution >= 4 is 0 Å². The number of rotatable bonds is 3. The van der Waals surface area contributed by atoms with Crippen LogP contribution < -0.4 is 0 Å². The standard InChI is InChI=1S/C21H16N2/c1-4-10-17(11-5-1)20-16-23(19-14-8-3-9-15-19)22-21(20)18-12-6-2-7-13-18/h1-16H. The van der Waals surface area contributed by atoms with E-state index in [4.69, 9.17) is 5.10 Å². The number of nitrogens with zero attached hydrogens (tertiary/aromatic N) is 2. The Hall–Kier alpha value is -3.13. The number of para-hydroxylation sites is 1. The van der Waals surface area contributed by atoms with Crippen LogP contribution in [-0.4, -0.2) is 9.78 Å². The van der Waals surface area contributed by atoms with E-state index < -0.39 is 0 Å². The van der Waals surface area contributed by atoms with Crippen LogP contribution in [-0.2, 0) is 0 Å². The Bertz CT molecular complexity index is 838. The minimum Gasteiger partial charge on any atom is -0.240 e. The van der Waals surface area contributed by atoms with Crippen LogP contribution in [0.25, 0.3) is 28.1 Å². The predicted molar refractivity (Wildman–Crippen MR) is 94.4 cm³/mol. The first-order valence-corrected chi connectivity index (χ1v) is 7.68. The first kappa shape index (κ1) is 13.5. The Kier molecular flexibility index (Phi) is 3.49. The third kappa shape index (κ3) is 2.67. The predicted octanol–water partition coefficient (Wildman–Crippen LogP) is 5.21. The van der Waals surface area contributed by atoms with Crippen LogP contribution in [0.1, 0.15) is 0 Å². The molecule has 2 nitrogen and oxygen atoms in total. The molecule has 23 heavy (non-hydrogen) atoms. The van der Waals surface area contributed by atoms with Gasteiger partial charge in [-0.05, 0) is 17.7 Å². The van der Waals surface area contributed by atoms with Gasteiger partial charge < -0.3 is 0 Å². The van der Waals surface area contributed by atoms with Gasteiger partial charge in [-0.3, -0.25) is 0 Å². The fraction of sp³-hybridized carbons (Fsp3) is 0. The Morgan fingerprint density at radius 2 is 1.09 bits per heavy atom. The number of hydrogen-bond donors (Lipinski definition) is 0. The molecule has 0 aliphatic carbocycles. The van der Waals surface area contributed by atoms with E-state index in [1.54, 1.807) is 0 Å². The van der Waals surface area contributed by atoms with E-state index in [-0.39, 0.29) is 0 Å². The average Bonchev–Trinajstić information content (AvgIpc) is 3.09. The monoisotopic (exact) mass is 296 g/mol. The summed E-state index contributed by atoms with van der Waals surface area (Å²) in [6, 6.07) is 30.9. The quantitative estimate of drug-likeness (QED) is 0.507. The fourth-order valence-electron chi connectivity index (χ4n) is 2.73. The first-order chi connectivity index (χ1) is 11.4. The summed E-state index contributed by atoms with van der Waals surface area (Å²) in [5.74, 6) is 0. The van der Waals surface area contributed by atoms with Gasteiger partial charge in [-0.2, -0.15) is 5.10 Å². The molecule has 4 rings (SSSR count). The van der Waals surface area contributed by atoms with Crippen LogP contribution in [0.2, 0.25) is 0 Å². The van der Waals surface area contributed by atoms with Gasteiger partial charge >= 0.3 is 0 Å². The van der Waals surface area contributed by atoms with E-state index in [0.717, 1.165) is 22.5 Å². The third-order valence-electron chi connectivity index (χ3n) is 3.87. The molecule has 0 saturated heterocycles. The smallest absolute Gasteiger partial charge is 0.101 e. The number of benzene rings is 3. The third-order valence-corrected chi connectivity index (χ3v) is 3.87. The van der Waals surface area contributed by atoms with Crippen LogP contribution in [0, 0.1) is 0 Å². The van der Waals surface area contributed by atoms with Crippen molar-refractivity contribution in [2.24, 2.45) is 0 Å². The number of aromatic nitrogens is 2. The summed E-state index contributed by atoms with van der Waals surface area (Å²) in [5, 5.41) is 4.84. The second kappa shape index (κ2) is 5.93. The highest BCUT2D eigenvalue weighted by atomic mass is 15.3. The molecule has 0 bridgehead atoms. The van der Waals surface area contributed by atoms with Crippen LogP contribution >= 0.6 is 0 Å². The highest BCUT2D eigenvalue weighted by Gasteiger charge is 2.13. The van der Waals surface area contributed by atoms with Crippen molar-refractivity contribution in [1.29, 1.82) is 0 Å². The molecule has 1 aromatic heterocycles. The normalized spacial score (nSPS) is 10.6. The van der Waals surface area contributed by atoms with E-state index in [2.05, 4.69) is 54.7 Å². The maximum absolute atomic E-state index is 4.84. The van der Waals surface area contributed by atoms with Crippen molar-refractivity contribution in [2.45, 2.75) is 0 Å². The van der Waals surface area contributed by atoms with Crippen LogP contribution in [0.4, 0.5) is 0 Å². The van der Waals surface area contributed by atoms with Crippen molar-refractivity contribution in [3.8, 4) is 28.1 Å². The molecule has 0 atom stereocenters. The molecule has 0 radical (unpaired) electrons. The zero-order valence-electron chi connectivity index (χ0n) is 12.6. The van der Waals surface area contributed by atoms with E-state index in [9.17, 15) is 0 Å². The van der Waals surface area contributed by atoms with Gasteiger partial charge in [0.15, 0.2) is 0 Å². The van der Waals surface area contributed by atoms with Crippen LogP contribution in [0.15, 0.2) is 97.2 Å². The summed E-state index contributed by atoms with van der Waals surface area (Å²) in [7, 11) is 0. The first-order valence-electron chi connectivity index (χ1n) is 7.68. The summed E-state index contributed by atoms with van der Waals surface area (Å²) >= 11 is 0. The van der Waals surface area contributed by atoms with Gasteiger partial charge in [-0.15, -0.1) is 0 Å². The lowest BCUT2D eigenvalue weighted by atomic mass is 10.0. The van der Waals surface area contributed by atoms with Gasteiger partial charge in [0.05, 0.1) is 5.69 Å². The minimum atomic E-state index is 1.00. The van der Waals surface area contributed by atoms with Crippen molar-refractivity contribution in [1.82, 2.24) is 9.78 Å². The summed E-state index contributed by atoms with van der Waals surface area (Å²) in [4.78, 5) is 0. The van der Waals surface area contributed by atoms with E-state index in [1.807, 2.05) is 47.1 Å². The molecule has 0 saturated carbocycles. The van der Waals surface area contributed by atoms with E-state index in [1.165, 1.54) is 5.56 Å². The molecule has 0 aliphatic rings. The molecule has 0 unspecified atom stereocenters. The minimum absolute atomic E-state index is 1.00. The van der Waals surface area contributed by atoms with Crippen LogP contribution in [0.3, 0.4) is 0 Å². The summed E-state index contributed by atoms with van der Waals surface area (Å²) in [6.45, 7) is 0. The average molecular weight is 296 g/mol. The molecule has 1 heterocycles. The molecule has 0 N–H and O–H groups in total. The van der Waals surface area contributed by atoms with E-state index >= 15 is 0 Å². The van der Waals surface area contributed by atoms with Gasteiger partial charge in [-0.25, -0.2) is 4.68 Å². The topological polar surface area (TPSA) is 17.8 Å². The second-order valence-electron chi connectivity index (χ2n) is 5.40. The molecule has 0 fully saturated rings. The SMILES string of the molecule is c1ccc(-c2cn(-c3ccccc3)nc2-c2ccccc2)cc1. The zero-order valence-corrected chi connectivity index (χ0v) is 12.6. The largest absolute Gasteiger partial charge is 0.240 e. The molecule has 0 aliphatic heterocycles. The molecule has 110 valence electrons. The highest BCUT2D eigenvalue weighted by Crippen LogP contribution is 2.31. The Morgan fingerprint density at radius 1 is 0.565 bits per heavy atom. The van der Waals surface area contributed by atoms with Crippen molar-refractivity contribution in [3.05, 3.63) is 97.2 Å². The van der Waals surface area contributed by atoms with Crippen molar-refractivity contribution < 1.29 is 0 Å². The molecule has 4 aromatic rings. The van der Waals surface area contributed by atoms with Crippen molar-refractivity contribution in [2.75, 3.05) is 0 Å². The summed E-state index contributed by atoms with van der Waals surface area (Å²) < 4.78 is 1.95. The zero-order chi connectivity index (χ0) is 15.5. The molecule has 0 spiro atoms. The van der Waals surface area contributed by atoms with Gasteiger partial charge in [-0.1, -0.05) is 78.9 Å². The second-order valence-corrected chi connectivity index (χ2v) is 5.40. The molecule has 0 amide bonds. The maximum Gasteiger partial charge on any atom is 0.101 e. The molecular weight excluding hydrogens is 280 g/mol. The van der Waals surface area contributed by atoms with Gasteiger partial charge in [0.2, 0.25) is 0 Å². The Morgan fingerprint density at radius 3 is 1.70 bits per heavy atom. The van der Waals surface area contributed by atoms with Gasteiger partial charge in [0, 0.05) is 17.3 Å². The number of hydrogen-bond acceptors (Lipinski definition) is 1. The van der Waals surface area contributed by atoms with Crippen molar-refractivity contribution in [3.63, 3.8) is 0 Å². The molecule has 3 aromatic carbocycles. The van der Waals surface area contributed by atoms with Gasteiger partial charge in [0.1, 0.15) is 5.69 Å². The van der Waals surface area contributed by atoms with E-state index in [0.29, 0.717) is 0 Å². The lowest BCUT2D eigenvalue weighted by molar-refractivity contribution is 0.884. The van der Waals surface area contributed by atoms with Gasteiger partial charge in [0.25, 0.3) is 0 Å². The fourth-order valence-corrected chi connectivity index (χ4v) is 2.73. The highest BCUT2D eigenvalue weighted by molar-refractivity contribution is 5.80.